The number of aromatic amines is 1. The normalized spacial score (nSPS) is 17.7. The Kier molecular flexibility index (Phi) is 4.62. The van der Waals surface area contributed by atoms with Gasteiger partial charge in [-0.3, -0.25) is 4.79 Å². The number of aromatic nitrogens is 1. The van der Waals surface area contributed by atoms with Gasteiger partial charge in [0.1, 0.15) is 6.61 Å². The molecule has 0 saturated carbocycles. The number of pyridine rings is 1. The minimum Gasteiger partial charge on any atom is -0.489 e. The minimum absolute atomic E-state index is 0.0146. The molecule has 0 unspecified atom stereocenters. The highest BCUT2D eigenvalue weighted by Gasteiger charge is 2.37. The van der Waals surface area contributed by atoms with Crippen molar-refractivity contribution in [2.75, 3.05) is 23.9 Å². The number of fused-ring (bicyclic) bond motifs is 3. The van der Waals surface area contributed by atoms with Crippen LogP contribution in [0.3, 0.4) is 0 Å². The van der Waals surface area contributed by atoms with Gasteiger partial charge in [-0.25, -0.2) is 0 Å². The van der Waals surface area contributed by atoms with Crippen molar-refractivity contribution in [1.29, 1.82) is 0 Å². The van der Waals surface area contributed by atoms with E-state index in [0.717, 1.165) is 0 Å². The molecule has 0 spiro atoms. The Morgan fingerprint density at radius 1 is 1.40 bits per heavy atom. The molecule has 1 aliphatic rings. The van der Waals surface area contributed by atoms with Crippen molar-refractivity contribution in [3.8, 4) is 5.75 Å². The van der Waals surface area contributed by atoms with Crippen molar-refractivity contribution < 1.29 is 17.9 Å². The monoisotopic (exact) mass is 374 g/mol. The van der Waals surface area contributed by atoms with Gasteiger partial charge in [-0.2, -0.15) is 13.2 Å². The summed E-state index contributed by atoms with van der Waals surface area (Å²) in [5.74, 6) is 0.728. The average Bonchev–Trinajstić information content (AvgIpc) is 2.52. The van der Waals surface area contributed by atoms with Crippen molar-refractivity contribution in [3.63, 3.8) is 0 Å². The van der Waals surface area contributed by atoms with Crippen LogP contribution in [0, 0.1) is 5.92 Å². The molecule has 25 heavy (non-hydrogen) atoms. The number of H-pyrrole nitrogens is 1. The van der Waals surface area contributed by atoms with Crippen LogP contribution in [-0.2, 0) is 6.18 Å². The van der Waals surface area contributed by atoms with E-state index in [2.05, 4.69) is 4.98 Å². The van der Waals surface area contributed by atoms with Gasteiger partial charge in [0.05, 0.1) is 28.2 Å². The highest BCUT2D eigenvalue weighted by Crippen LogP contribution is 2.45. The van der Waals surface area contributed by atoms with Crippen molar-refractivity contribution in [1.82, 2.24) is 4.98 Å². The van der Waals surface area contributed by atoms with E-state index in [1.54, 1.807) is 6.07 Å². The second-order valence-electron chi connectivity index (χ2n) is 6.39. The summed E-state index contributed by atoms with van der Waals surface area (Å²) in [6, 6.07) is 3.75. The zero-order chi connectivity index (χ0) is 18.4. The molecule has 3 rings (SSSR count). The van der Waals surface area contributed by atoms with E-state index in [-0.39, 0.29) is 35.2 Å². The van der Waals surface area contributed by atoms with Crippen LogP contribution in [0.15, 0.2) is 23.0 Å². The van der Waals surface area contributed by atoms with E-state index >= 15 is 0 Å². The number of benzene rings is 1. The molecule has 0 saturated heterocycles. The van der Waals surface area contributed by atoms with E-state index in [0.29, 0.717) is 24.2 Å². The summed E-state index contributed by atoms with van der Waals surface area (Å²) < 4.78 is 46.2. The molecule has 2 heterocycles. The second kappa shape index (κ2) is 6.44. The number of nitrogens with one attached hydrogen (secondary N) is 1. The first-order valence-corrected chi connectivity index (χ1v) is 8.50. The molecule has 0 radical (unpaired) electrons. The Morgan fingerprint density at radius 3 is 2.72 bits per heavy atom. The lowest BCUT2D eigenvalue weighted by molar-refractivity contribution is -0.136. The molecule has 1 aromatic carbocycles. The number of alkyl halides is 4. The number of ether oxygens (including phenoxy) is 1. The zero-order valence-corrected chi connectivity index (χ0v) is 14.5. The molecule has 4 nitrogen and oxygen atoms in total. The van der Waals surface area contributed by atoms with Gasteiger partial charge in [0.25, 0.3) is 0 Å². The molecule has 1 N–H and O–H groups in total. The Hall–Kier alpha value is -1.89. The van der Waals surface area contributed by atoms with Crippen molar-refractivity contribution in [3.05, 3.63) is 34.1 Å². The zero-order valence-electron chi connectivity index (χ0n) is 13.8. The first kappa shape index (κ1) is 17.9. The van der Waals surface area contributed by atoms with Crippen molar-refractivity contribution in [2.45, 2.75) is 26.1 Å². The molecule has 0 bridgehead atoms. The lowest BCUT2D eigenvalue weighted by Gasteiger charge is -2.41. The molecule has 0 aliphatic carbocycles. The quantitative estimate of drug-likeness (QED) is 0.826. The third-order valence-corrected chi connectivity index (χ3v) is 4.62. The van der Waals surface area contributed by atoms with Crippen molar-refractivity contribution in [2.24, 2.45) is 5.92 Å². The highest BCUT2D eigenvalue weighted by atomic mass is 35.5. The van der Waals surface area contributed by atoms with Crippen LogP contribution in [0.1, 0.15) is 19.4 Å². The molecular weight excluding hydrogens is 357 g/mol. The van der Waals surface area contributed by atoms with Gasteiger partial charge in [-0.05, 0) is 18.1 Å². The summed E-state index contributed by atoms with van der Waals surface area (Å²) in [6.07, 6.45) is -4.66. The average molecular weight is 375 g/mol. The molecule has 136 valence electrons. The van der Waals surface area contributed by atoms with Crippen LogP contribution in [0.25, 0.3) is 10.9 Å². The maximum absolute atomic E-state index is 13.5. The minimum atomic E-state index is -4.66. The SMILES string of the molecule is CC(C)[C@@H]1COc2c(ccc3[nH]c(=O)cc(C(F)(F)F)c23)N1CCCl. The standard InChI is InChI=1S/C17H18ClF3N2O2/c1-9(2)13-8-25-16-12(23(13)6-5-18)4-3-11-15(16)10(17(19,20)21)7-14(24)22-11/h3-4,7,9,13H,5-6,8H2,1-2H3,(H,22,24)/t13-/m0/s1. The first-order valence-electron chi connectivity index (χ1n) is 7.96. The third kappa shape index (κ3) is 3.17. The Bertz CT molecular complexity index is 848. The first-order chi connectivity index (χ1) is 11.7. The van der Waals surface area contributed by atoms with Gasteiger partial charge in [-0.15, -0.1) is 11.6 Å². The van der Waals surface area contributed by atoms with E-state index in [1.165, 1.54) is 6.07 Å². The third-order valence-electron chi connectivity index (χ3n) is 4.45. The lowest BCUT2D eigenvalue weighted by Crippen LogP contribution is -2.47. The molecule has 0 fully saturated rings. The fraction of sp³-hybridized carbons (Fsp3) is 0.471. The van der Waals surface area contributed by atoms with Gasteiger partial charge in [-0.1, -0.05) is 13.8 Å². The largest absolute Gasteiger partial charge is 0.489 e. The molecule has 2 aromatic rings. The van der Waals surface area contributed by atoms with Crippen LogP contribution in [0.5, 0.6) is 5.75 Å². The van der Waals surface area contributed by atoms with Crippen LogP contribution in [0.4, 0.5) is 18.9 Å². The van der Waals surface area contributed by atoms with Gasteiger partial charge in [0.15, 0.2) is 5.75 Å². The number of rotatable bonds is 3. The summed E-state index contributed by atoms with van der Waals surface area (Å²) >= 11 is 5.90. The lowest BCUT2D eigenvalue weighted by atomic mass is 9.98. The van der Waals surface area contributed by atoms with Crippen LogP contribution in [0.2, 0.25) is 0 Å². The van der Waals surface area contributed by atoms with Gasteiger partial charge in [0, 0.05) is 18.5 Å². The van der Waals surface area contributed by atoms with E-state index in [4.69, 9.17) is 16.3 Å². The Labute approximate surface area is 147 Å². The smallest absolute Gasteiger partial charge is 0.417 e. The summed E-state index contributed by atoms with van der Waals surface area (Å²) in [5.41, 5.74) is -1.12. The molecule has 8 heteroatoms. The van der Waals surface area contributed by atoms with Gasteiger partial charge < -0.3 is 14.6 Å². The van der Waals surface area contributed by atoms with Crippen LogP contribution < -0.4 is 15.2 Å². The number of anilines is 1. The van der Waals surface area contributed by atoms with E-state index < -0.39 is 17.3 Å². The number of halogens is 4. The number of hydrogen-bond acceptors (Lipinski definition) is 3. The predicted molar refractivity (Wildman–Crippen MR) is 91.8 cm³/mol. The van der Waals surface area contributed by atoms with Crippen LogP contribution >= 0.6 is 11.6 Å². The second-order valence-corrected chi connectivity index (χ2v) is 6.76. The summed E-state index contributed by atoms with van der Waals surface area (Å²) in [4.78, 5) is 16.0. The summed E-state index contributed by atoms with van der Waals surface area (Å²) in [6.45, 7) is 4.81. The molecular formula is C17H18ClF3N2O2. The fourth-order valence-corrected chi connectivity index (χ4v) is 3.46. The molecule has 1 aromatic heterocycles. The number of nitrogens with zero attached hydrogens (tertiary/aromatic N) is 1. The molecule has 0 amide bonds. The maximum Gasteiger partial charge on any atom is 0.417 e. The predicted octanol–water partition coefficient (Wildman–Crippen LogP) is 4.01. The summed E-state index contributed by atoms with van der Waals surface area (Å²) in [7, 11) is 0. The highest BCUT2D eigenvalue weighted by molar-refractivity contribution is 6.18. The Morgan fingerprint density at radius 2 is 2.12 bits per heavy atom. The summed E-state index contributed by atoms with van der Waals surface area (Å²) in [5, 5.41) is -0.119. The maximum atomic E-state index is 13.5. The fourth-order valence-electron chi connectivity index (χ4n) is 3.28. The topological polar surface area (TPSA) is 45.3 Å². The van der Waals surface area contributed by atoms with E-state index in [9.17, 15) is 18.0 Å². The van der Waals surface area contributed by atoms with Gasteiger partial charge in [0.2, 0.25) is 5.56 Å². The molecule has 1 aliphatic heterocycles. The van der Waals surface area contributed by atoms with E-state index in [1.807, 2.05) is 18.7 Å². The van der Waals surface area contributed by atoms with Gasteiger partial charge >= 0.3 is 6.18 Å². The molecule has 1 atom stereocenters. The number of hydrogen-bond donors (Lipinski definition) is 1. The Balaban J connectivity index is 2.29. The van der Waals surface area contributed by atoms with Crippen molar-refractivity contribution >= 4 is 28.2 Å². The van der Waals surface area contributed by atoms with Crippen LogP contribution in [-0.4, -0.2) is 30.1 Å².